The van der Waals surface area contributed by atoms with E-state index in [4.69, 9.17) is 8.44 Å². The normalized spacial score (nSPS) is 14.3. The molecule has 0 bridgehead atoms. The molecule has 0 radical (unpaired) electrons. The second-order valence-electron chi connectivity index (χ2n) is 6.28. The van der Waals surface area contributed by atoms with Gasteiger partial charge in [-0.25, -0.2) is 0 Å². The van der Waals surface area contributed by atoms with Gasteiger partial charge in [0, 0.05) is 0 Å². The van der Waals surface area contributed by atoms with Gasteiger partial charge < -0.3 is 0 Å². The fraction of sp³-hybridized carbons (Fsp3) is 0.889. The summed E-state index contributed by atoms with van der Waals surface area (Å²) in [6, 6.07) is 0. The number of hydrogen-bond donors (Lipinski definition) is 1. The summed E-state index contributed by atoms with van der Waals surface area (Å²) < 4.78 is 16.6. The van der Waals surface area contributed by atoms with Gasteiger partial charge in [0.1, 0.15) is 0 Å². The number of hydrogen-bond acceptors (Lipinski definition) is 5. The topological polar surface area (TPSA) is 82.1 Å². The van der Waals surface area contributed by atoms with Crippen molar-refractivity contribution in [2.75, 3.05) is 19.8 Å². The van der Waals surface area contributed by atoms with Crippen LogP contribution in [0.4, 0.5) is 0 Å². The fourth-order valence-electron chi connectivity index (χ4n) is 2.66. The van der Waals surface area contributed by atoms with Crippen LogP contribution in [0.1, 0.15) is 79.6 Å². The Hall–Kier alpha value is -0.0969. The molecule has 1 atom stereocenters. The number of Topliss-reactive ketones (excluding diaryl/α,β-unsaturated/α-hetero) is 1. The van der Waals surface area contributed by atoms with E-state index in [0.29, 0.717) is 19.8 Å². The summed E-state index contributed by atoms with van der Waals surface area (Å²) >= 11 is -4.72. The van der Waals surface area contributed by atoms with Gasteiger partial charge in [-0.05, 0) is 0 Å². The van der Waals surface area contributed by atoms with Crippen LogP contribution in [0.25, 0.3) is 0 Å². The quantitative estimate of drug-likeness (QED) is 0.280. The van der Waals surface area contributed by atoms with Crippen LogP contribution in [0, 0.1) is 0 Å². The van der Waals surface area contributed by atoms with Crippen molar-refractivity contribution in [3.8, 4) is 0 Å². The van der Waals surface area contributed by atoms with E-state index in [1.165, 1.54) is 6.92 Å². The molecule has 0 spiro atoms. The molecule has 1 N–H and O–H groups in total. The Kier molecular flexibility index (Phi) is 13.1. The van der Waals surface area contributed by atoms with Gasteiger partial charge in [-0.1, -0.05) is 0 Å². The number of aliphatic carboxylic acids is 1. The molecule has 1 unspecified atom stereocenters. The van der Waals surface area contributed by atoms with Crippen LogP contribution in [0.3, 0.4) is 0 Å². The SMILES string of the molecule is CCCC[O][Zr]([O]CCCC)([O]CCCC)[C](CC)(C(C)=O)C(=O)O. The molecule has 0 saturated carbocycles. The molecular formula is C18H36O6Zr. The molecule has 0 aliphatic carbocycles. The number of carboxylic acid groups (broad SMARTS) is 1. The van der Waals surface area contributed by atoms with Crippen molar-refractivity contribution in [1.82, 2.24) is 0 Å². The number of unbranched alkanes of at least 4 members (excludes halogenated alkanes) is 3. The third-order valence-electron chi connectivity index (χ3n) is 4.39. The zero-order chi connectivity index (χ0) is 19.3. The first kappa shape index (κ1) is 24.9. The van der Waals surface area contributed by atoms with Crippen LogP contribution in [0.15, 0.2) is 0 Å². The van der Waals surface area contributed by atoms with Gasteiger partial charge in [0.05, 0.1) is 0 Å². The summed E-state index contributed by atoms with van der Waals surface area (Å²) in [5.74, 6) is -1.61. The van der Waals surface area contributed by atoms with E-state index in [1.54, 1.807) is 6.92 Å². The van der Waals surface area contributed by atoms with Crippen LogP contribution in [-0.2, 0) is 39.6 Å². The Morgan fingerprint density at radius 1 is 0.840 bits per heavy atom. The van der Waals surface area contributed by atoms with Gasteiger partial charge in [-0.2, -0.15) is 0 Å². The van der Waals surface area contributed by atoms with Gasteiger partial charge in [0.25, 0.3) is 0 Å². The summed E-state index contributed by atoms with van der Waals surface area (Å²) in [6.07, 6.45) is 5.21. The number of carbonyl (C=O) groups is 2. The van der Waals surface area contributed by atoms with Gasteiger partial charge in [-0.3, -0.25) is 0 Å². The van der Waals surface area contributed by atoms with Gasteiger partial charge in [-0.15, -0.1) is 0 Å². The van der Waals surface area contributed by atoms with Crippen molar-refractivity contribution in [1.29, 1.82) is 0 Å². The van der Waals surface area contributed by atoms with E-state index < -0.39 is 36.5 Å². The molecule has 0 aliphatic rings. The molecule has 0 aromatic heterocycles. The van der Waals surface area contributed by atoms with E-state index >= 15 is 0 Å². The monoisotopic (exact) mass is 438 g/mol. The molecule has 0 aromatic carbocycles. The molecule has 148 valence electrons. The van der Waals surface area contributed by atoms with E-state index in [9.17, 15) is 14.7 Å². The van der Waals surface area contributed by atoms with E-state index in [-0.39, 0.29) is 6.42 Å². The summed E-state index contributed by atoms with van der Waals surface area (Å²) in [4.78, 5) is 24.7. The molecular weight excluding hydrogens is 403 g/mol. The second-order valence-corrected chi connectivity index (χ2v) is 13.2. The maximum atomic E-state index is 12.5. The number of carboxylic acids is 1. The van der Waals surface area contributed by atoms with Crippen molar-refractivity contribution in [3.05, 3.63) is 0 Å². The van der Waals surface area contributed by atoms with Crippen molar-refractivity contribution in [3.63, 3.8) is 0 Å². The Labute approximate surface area is 158 Å². The summed E-state index contributed by atoms with van der Waals surface area (Å²) in [7, 11) is 0. The van der Waals surface area contributed by atoms with Crippen LogP contribution in [-0.4, -0.2) is 36.7 Å². The predicted molar refractivity (Wildman–Crippen MR) is 93.9 cm³/mol. The van der Waals surface area contributed by atoms with E-state index in [2.05, 4.69) is 0 Å². The second kappa shape index (κ2) is 13.1. The first-order valence-corrected chi connectivity index (χ1v) is 13.8. The molecule has 0 aliphatic heterocycles. The van der Waals surface area contributed by atoms with E-state index in [0.717, 1.165) is 38.5 Å². The fourth-order valence-corrected chi connectivity index (χ4v) is 10.9. The zero-order valence-electron chi connectivity index (χ0n) is 16.6. The molecule has 0 amide bonds. The van der Waals surface area contributed by atoms with E-state index in [1.807, 2.05) is 20.8 Å². The average Bonchev–Trinajstić information content (AvgIpc) is 2.55. The van der Waals surface area contributed by atoms with Gasteiger partial charge in [0.2, 0.25) is 0 Å². The minimum absolute atomic E-state index is 0.123. The number of carbonyl (C=O) groups excluding carboxylic acids is 1. The third kappa shape index (κ3) is 6.53. The van der Waals surface area contributed by atoms with Crippen molar-refractivity contribution >= 4 is 11.8 Å². The number of rotatable bonds is 16. The molecule has 25 heavy (non-hydrogen) atoms. The van der Waals surface area contributed by atoms with Crippen molar-refractivity contribution < 1.29 is 44.7 Å². The summed E-state index contributed by atoms with van der Waals surface area (Å²) in [6.45, 7) is 10.2. The Balaban J connectivity index is 5.92. The first-order chi connectivity index (χ1) is 11.9. The van der Waals surface area contributed by atoms with Crippen molar-refractivity contribution in [2.24, 2.45) is 0 Å². The molecule has 7 heteroatoms. The van der Waals surface area contributed by atoms with Crippen molar-refractivity contribution in [2.45, 2.75) is 82.7 Å². The van der Waals surface area contributed by atoms with Gasteiger partial charge >= 0.3 is 159 Å². The molecule has 0 fully saturated rings. The third-order valence-corrected chi connectivity index (χ3v) is 13.5. The van der Waals surface area contributed by atoms with Gasteiger partial charge in [0.15, 0.2) is 0 Å². The summed E-state index contributed by atoms with van der Waals surface area (Å²) in [5, 5.41) is 9.99. The van der Waals surface area contributed by atoms with Crippen LogP contribution in [0.2, 0.25) is 3.12 Å². The molecule has 6 nitrogen and oxygen atoms in total. The summed E-state index contributed by atoms with van der Waals surface area (Å²) in [5.41, 5.74) is 0. The number of ketones is 1. The Morgan fingerprint density at radius 2 is 1.20 bits per heavy atom. The molecule has 0 heterocycles. The Bertz CT molecular complexity index is 358. The Morgan fingerprint density at radius 3 is 1.40 bits per heavy atom. The maximum absolute atomic E-state index is 12.5. The average molecular weight is 440 g/mol. The predicted octanol–water partition coefficient (Wildman–Crippen LogP) is 4.58. The minimum atomic E-state index is -4.72. The molecule has 0 saturated heterocycles. The van der Waals surface area contributed by atoms with Crippen LogP contribution < -0.4 is 0 Å². The molecule has 0 aromatic rings. The van der Waals surface area contributed by atoms with Crippen LogP contribution >= 0.6 is 0 Å². The zero-order valence-corrected chi connectivity index (χ0v) is 19.0. The van der Waals surface area contributed by atoms with Crippen LogP contribution in [0.5, 0.6) is 0 Å². The molecule has 0 rings (SSSR count). The first-order valence-electron chi connectivity index (χ1n) is 9.54. The standard InChI is InChI=1S/C6H9O3.3C4H9O.Zr/c1-3-5(4(2)7)6(8)9;3*1-2-3-4-5;/h3H2,1-2H3,(H,8,9);3*2-4H2,1H3;/q;3*-1;+3.